The van der Waals surface area contributed by atoms with Gasteiger partial charge >= 0.3 is 6.09 Å². The van der Waals surface area contributed by atoms with Gasteiger partial charge in [0.2, 0.25) is 0 Å². The second-order valence-electron chi connectivity index (χ2n) is 7.60. The highest BCUT2D eigenvalue weighted by Crippen LogP contribution is 2.17. The van der Waals surface area contributed by atoms with Crippen molar-refractivity contribution in [3.8, 4) is 0 Å². The number of morpholine rings is 1. The van der Waals surface area contributed by atoms with Crippen LogP contribution < -0.4 is 5.32 Å². The summed E-state index contributed by atoms with van der Waals surface area (Å²) in [5.41, 5.74) is 0.661. The lowest BCUT2D eigenvalue weighted by Gasteiger charge is -2.37. The van der Waals surface area contributed by atoms with E-state index in [4.69, 9.17) is 9.47 Å². The monoisotopic (exact) mass is 369 g/mol. The van der Waals surface area contributed by atoms with Crippen LogP contribution in [0.5, 0.6) is 0 Å². The number of aryl methyl sites for hydroxylation is 1. The van der Waals surface area contributed by atoms with Crippen molar-refractivity contribution in [2.75, 3.05) is 26.3 Å². The lowest BCUT2D eigenvalue weighted by atomic mass is 10.1. The van der Waals surface area contributed by atoms with E-state index in [-0.39, 0.29) is 18.2 Å². The van der Waals surface area contributed by atoms with Crippen molar-refractivity contribution in [3.05, 3.63) is 16.1 Å². The number of hydrogen-bond acceptors (Lipinski definition) is 6. The average molecular weight is 370 g/mol. The fraction of sp³-hybridized carbons (Fsp3) is 0.778. The lowest BCUT2D eigenvalue weighted by Crippen LogP contribution is -2.52. The Bertz CT molecular complexity index is 556. The lowest BCUT2D eigenvalue weighted by molar-refractivity contribution is -0.0355. The molecule has 1 aromatic heterocycles. The Morgan fingerprint density at radius 2 is 2.32 bits per heavy atom. The zero-order valence-electron chi connectivity index (χ0n) is 16.0. The maximum absolute atomic E-state index is 12.4. The van der Waals surface area contributed by atoms with Crippen molar-refractivity contribution in [2.24, 2.45) is 0 Å². The summed E-state index contributed by atoms with van der Waals surface area (Å²) in [5.74, 6) is 0. The summed E-state index contributed by atoms with van der Waals surface area (Å²) in [6.45, 7) is 12.5. The Morgan fingerprint density at radius 3 is 2.96 bits per heavy atom. The van der Waals surface area contributed by atoms with E-state index in [0.29, 0.717) is 19.8 Å². The molecule has 7 heteroatoms. The van der Waals surface area contributed by atoms with E-state index in [2.05, 4.69) is 22.6 Å². The molecular formula is C18H31N3O3S. The zero-order chi connectivity index (χ0) is 18.4. The molecule has 6 nitrogen and oxygen atoms in total. The van der Waals surface area contributed by atoms with Crippen LogP contribution in [0, 0.1) is 6.92 Å². The number of ether oxygens (including phenoxy) is 2. The van der Waals surface area contributed by atoms with Gasteiger partial charge in [-0.1, -0.05) is 0 Å². The summed E-state index contributed by atoms with van der Waals surface area (Å²) < 4.78 is 11.1. The molecule has 142 valence electrons. The second kappa shape index (κ2) is 8.96. The highest BCUT2D eigenvalue weighted by atomic mass is 32.1. The molecule has 0 aromatic carbocycles. The Kier molecular flexibility index (Phi) is 7.22. The predicted octanol–water partition coefficient (Wildman–Crippen LogP) is 3.00. The van der Waals surface area contributed by atoms with E-state index >= 15 is 0 Å². The number of hydrogen-bond donors (Lipinski definition) is 1. The fourth-order valence-corrected chi connectivity index (χ4v) is 3.52. The van der Waals surface area contributed by atoms with Crippen molar-refractivity contribution in [1.82, 2.24) is 15.2 Å². The van der Waals surface area contributed by atoms with Gasteiger partial charge in [-0.3, -0.25) is 0 Å². The summed E-state index contributed by atoms with van der Waals surface area (Å²) >= 11 is 1.69. The summed E-state index contributed by atoms with van der Waals surface area (Å²) in [5, 5.41) is 6.74. The zero-order valence-corrected chi connectivity index (χ0v) is 16.8. The molecule has 2 rings (SSSR count). The van der Waals surface area contributed by atoms with Gasteiger partial charge in [-0.2, -0.15) is 0 Å². The van der Waals surface area contributed by atoms with Crippen molar-refractivity contribution < 1.29 is 14.3 Å². The fourth-order valence-electron chi connectivity index (χ4n) is 2.87. The van der Waals surface area contributed by atoms with Crippen molar-refractivity contribution in [2.45, 2.75) is 65.1 Å². The van der Waals surface area contributed by atoms with E-state index in [1.807, 2.05) is 32.6 Å². The summed E-state index contributed by atoms with van der Waals surface area (Å²) in [6, 6.07) is 0.337. The third-order valence-corrected chi connectivity index (χ3v) is 4.84. The molecule has 1 saturated heterocycles. The van der Waals surface area contributed by atoms with Crippen LogP contribution in [0.1, 0.15) is 44.8 Å². The Hall–Kier alpha value is -1.18. The summed E-state index contributed by atoms with van der Waals surface area (Å²) in [7, 11) is 0. The molecule has 1 aromatic rings. The molecule has 0 radical (unpaired) electrons. The number of carbonyl (C=O) groups is 1. The van der Waals surface area contributed by atoms with Crippen molar-refractivity contribution >= 4 is 17.4 Å². The van der Waals surface area contributed by atoms with E-state index in [9.17, 15) is 4.79 Å². The van der Waals surface area contributed by atoms with Crippen LogP contribution in [0.25, 0.3) is 0 Å². The molecule has 1 N–H and O–H groups in total. The Balaban J connectivity index is 1.80. The van der Waals surface area contributed by atoms with Gasteiger partial charge in [0.25, 0.3) is 0 Å². The number of aromatic nitrogens is 1. The highest BCUT2D eigenvalue weighted by molar-refractivity contribution is 7.09. The number of nitrogens with zero attached hydrogens (tertiary/aromatic N) is 2. The first-order valence-corrected chi connectivity index (χ1v) is 9.84. The maximum Gasteiger partial charge on any atom is 0.410 e. The molecule has 1 aliphatic heterocycles. The first kappa shape index (κ1) is 20.1. The molecule has 2 unspecified atom stereocenters. The van der Waals surface area contributed by atoms with E-state index in [1.165, 1.54) is 0 Å². The van der Waals surface area contributed by atoms with Crippen LogP contribution in [-0.4, -0.2) is 60.0 Å². The van der Waals surface area contributed by atoms with Gasteiger partial charge in [0.15, 0.2) is 0 Å². The molecular weight excluding hydrogens is 338 g/mol. The molecule has 0 saturated carbocycles. The van der Waals surface area contributed by atoms with E-state index < -0.39 is 5.60 Å². The predicted molar refractivity (Wildman–Crippen MR) is 100 cm³/mol. The van der Waals surface area contributed by atoms with Crippen LogP contribution in [0.4, 0.5) is 4.79 Å². The Labute approximate surface area is 154 Å². The van der Waals surface area contributed by atoms with Crippen LogP contribution in [0.3, 0.4) is 0 Å². The maximum atomic E-state index is 12.4. The van der Waals surface area contributed by atoms with Gasteiger partial charge in [0.05, 0.1) is 30.0 Å². The second-order valence-corrected chi connectivity index (χ2v) is 8.66. The number of nitrogens with one attached hydrogen (secondary N) is 1. The Morgan fingerprint density at radius 1 is 1.56 bits per heavy atom. The van der Waals surface area contributed by atoms with Crippen molar-refractivity contribution in [1.29, 1.82) is 0 Å². The average Bonchev–Trinajstić information content (AvgIpc) is 2.91. The molecule has 0 bridgehead atoms. The van der Waals surface area contributed by atoms with Crippen LogP contribution in [-0.2, 0) is 15.9 Å². The van der Waals surface area contributed by atoms with Gasteiger partial charge in [-0.25, -0.2) is 9.78 Å². The third kappa shape index (κ3) is 6.92. The quantitative estimate of drug-likeness (QED) is 0.835. The largest absolute Gasteiger partial charge is 0.444 e. The van der Waals surface area contributed by atoms with Crippen LogP contribution in [0.2, 0.25) is 0 Å². The van der Waals surface area contributed by atoms with Crippen molar-refractivity contribution in [3.63, 3.8) is 0 Å². The highest BCUT2D eigenvalue weighted by Gasteiger charge is 2.31. The minimum atomic E-state index is -0.477. The van der Waals surface area contributed by atoms with Crippen LogP contribution in [0.15, 0.2) is 5.38 Å². The minimum Gasteiger partial charge on any atom is -0.444 e. The molecule has 2 heterocycles. The standard InChI is InChI=1S/C18H31N3O3S/c1-13(19-7-6-15-12-25-14(2)20-15)10-16-11-23-9-8-21(16)17(22)24-18(3,4)5/h12-13,16,19H,6-11H2,1-5H3. The van der Waals surface area contributed by atoms with Gasteiger partial charge in [0, 0.05) is 30.9 Å². The summed E-state index contributed by atoms with van der Waals surface area (Å²) in [6.07, 6.45) is 1.52. The minimum absolute atomic E-state index is 0.0487. The molecule has 25 heavy (non-hydrogen) atoms. The molecule has 0 aliphatic carbocycles. The summed E-state index contributed by atoms with van der Waals surface area (Å²) in [4.78, 5) is 18.7. The van der Waals surface area contributed by atoms with E-state index in [0.717, 1.165) is 30.1 Å². The van der Waals surface area contributed by atoms with Gasteiger partial charge in [-0.05, 0) is 41.0 Å². The first-order valence-electron chi connectivity index (χ1n) is 8.96. The number of amides is 1. The molecule has 2 atom stereocenters. The van der Waals surface area contributed by atoms with Gasteiger partial charge < -0.3 is 19.7 Å². The number of thiazole rings is 1. The smallest absolute Gasteiger partial charge is 0.410 e. The van der Waals surface area contributed by atoms with Crippen LogP contribution >= 0.6 is 11.3 Å². The first-order chi connectivity index (χ1) is 11.7. The number of carbonyl (C=O) groups excluding carboxylic acids is 1. The van der Waals surface area contributed by atoms with E-state index in [1.54, 1.807) is 11.3 Å². The van der Waals surface area contributed by atoms with Gasteiger partial charge in [0.1, 0.15) is 5.60 Å². The molecule has 1 amide bonds. The third-order valence-electron chi connectivity index (χ3n) is 4.02. The number of rotatable bonds is 6. The molecule has 1 fully saturated rings. The normalized spacial score (nSPS) is 19.7. The topological polar surface area (TPSA) is 63.7 Å². The molecule has 1 aliphatic rings. The molecule has 0 spiro atoms. The van der Waals surface area contributed by atoms with Gasteiger partial charge in [-0.15, -0.1) is 11.3 Å². The SMILES string of the molecule is Cc1nc(CCNC(C)CC2COCCN2C(=O)OC(C)(C)C)cs1.